The number of hydrogen-bond acceptors (Lipinski definition) is 5. The Hall–Kier alpha value is -3.02. The van der Waals surface area contributed by atoms with Gasteiger partial charge in [0.2, 0.25) is 5.91 Å². The fourth-order valence-corrected chi connectivity index (χ4v) is 2.56. The van der Waals surface area contributed by atoms with Gasteiger partial charge >= 0.3 is 5.97 Å². The van der Waals surface area contributed by atoms with Crippen LogP contribution in [-0.4, -0.2) is 39.1 Å². The highest BCUT2D eigenvalue weighted by Gasteiger charge is 2.25. The minimum atomic E-state index is -0.364. The molecule has 1 aliphatic heterocycles. The molecule has 0 bridgehead atoms. The molecule has 0 saturated heterocycles. The predicted molar refractivity (Wildman–Crippen MR) is 93.7 cm³/mol. The molecular formula is C18H19N3O3. The number of anilines is 3. The molecule has 3 rings (SSSR count). The quantitative estimate of drug-likeness (QED) is 0.689. The topological polar surface area (TPSA) is 61.9 Å². The number of benzene rings is 2. The Kier molecular flexibility index (Phi) is 4.37. The van der Waals surface area contributed by atoms with Crippen LogP contribution in [0.2, 0.25) is 0 Å². The van der Waals surface area contributed by atoms with Gasteiger partial charge in [-0.25, -0.2) is 4.79 Å². The third kappa shape index (κ3) is 3.48. The predicted octanol–water partition coefficient (Wildman–Crippen LogP) is 2.12. The van der Waals surface area contributed by atoms with E-state index in [1.807, 2.05) is 55.4 Å². The van der Waals surface area contributed by atoms with E-state index in [-0.39, 0.29) is 25.0 Å². The molecule has 0 atom stereocenters. The van der Waals surface area contributed by atoms with E-state index >= 15 is 0 Å². The van der Waals surface area contributed by atoms with Crippen LogP contribution in [0, 0.1) is 0 Å². The molecule has 24 heavy (non-hydrogen) atoms. The lowest BCUT2D eigenvalue weighted by molar-refractivity contribution is -0.133. The van der Waals surface area contributed by atoms with Crippen molar-refractivity contribution in [3.8, 4) is 5.75 Å². The maximum Gasteiger partial charge on any atom is 0.331 e. The second-order valence-corrected chi connectivity index (χ2v) is 5.79. The summed E-state index contributed by atoms with van der Waals surface area (Å²) in [7, 11) is 3.92. The summed E-state index contributed by atoms with van der Waals surface area (Å²) in [6, 6.07) is 14.8. The van der Waals surface area contributed by atoms with Gasteiger partial charge in [0.25, 0.3) is 0 Å². The van der Waals surface area contributed by atoms with Gasteiger partial charge in [0.05, 0.1) is 12.2 Å². The summed E-state index contributed by atoms with van der Waals surface area (Å²) in [5.74, 6) is -0.0640. The summed E-state index contributed by atoms with van der Waals surface area (Å²) in [6.07, 6.45) is 0. The van der Waals surface area contributed by atoms with Gasteiger partial charge in [-0.2, -0.15) is 0 Å². The number of ether oxygens (including phenoxy) is 1. The summed E-state index contributed by atoms with van der Waals surface area (Å²) in [5.41, 5.74) is 2.52. The number of nitrogens with zero attached hydrogens (tertiary/aromatic N) is 2. The number of carbonyl (C=O) groups excluding carboxylic acids is 2. The normalized spacial score (nSPS) is 13.1. The first-order chi connectivity index (χ1) is 11.5. The van der Waals surface area contributed by atoms with Gasteiger partial charge in [0.15, 0.2) is 5.75 Å². The molecule has 0 saturated carbocycles. The number of esters is 1. The van der Waals surface area contributed by atoms with Crippen LogP contribution in [0.5, 0.6) is 5.75 Å². The van der Waals surface area contributed by atoms with Gasteiger partial charge in [-0.15, -0.1) is 0 Å². The number of nitrogens with one attached hydrogen (secondary N) is 1. The van der Waals surface area contributed by atoms with E-state index < -0.39 is 0 Å². The Bertz CT molecular complexity index is 756. The second-order valence-electron chi connectivity index (χ2n) is 5.79. The fraction of sp³-hybridized carbons (Fsp3) is 0.222. The molecule has 0 aliphatic carbocycles. The van der Waals surface area contributed by atoms with E-state index in [2.05, 4.69) is 5.32 Å². The first kappa shape index (κ1) is 15.9. The molecule has 0 unspecified atom stereocenters. The zero-order chi connectivity index (χ0) is 17.1. The lowest BCUT2D eigenvalue weighted by Crippen LogP contribution is -2.41. The average molecular weight is 325 g/mol. The molecule has 1 N–H and O–H groups in total. The minimum Gasteiger partial charge on any atom is -0.423 e. The number of para-hydroxylation sites is 2. The van der Waals surface area contributed by atoms with Crippen LogP contribution in [-0.2, 0) is 9.59 Å². The lowest BCUT2D eigenvalue weighted by Gasteiger charge is -2.29. The van der Waals surface area contributed by atoms with E-state index in [0.717, 1.165) is 17.1 Å². The number of fused-ring (bicyclic) bond motifs is 1. The second kappa shape index (κ2) is 6.62. The van der Waals surface area contributed by atoms with Crippen molar-refractivity contribution in [2.24, 2.45) is 0 Å². The summed E-state index contributed by atoms with van der Waals surface area (Å²) < 4.78 is 5.18. The van der Waals surface area contributed by atoms with Crippen molar-refractivity contribution in [1.29, 1.82) is 0 Å². The highest BCUT2D eigenvalue weighted by atomic mass is 16.5. The fourth-order valence-electron chi connectivity index (χ4n) is 2.56. The molecule has 0 radical (unpaired) electrons. The Morgan fingerprint density at radius 2 is 1.88 bits per heavy atom. The number of rotatable bonds is 4. The van der Waals surface area contributed by atoms with Crippen molar-refractivity contribution in [2.75, 3.05) is 42.3 Å². The minimum absolute atomic E-state index is 0.0595. The van der Waals surface area contributed by atoms with Crippen molar-refractivity contribution in [1.82, 2.24) is 0 Å². The standard InChI is InChI=1S/C18H19N3O3/c1-20(2)14-9-7-13(8-10-14)19-17(22)11-21-12-18(23)24-16-6-4-3-5-15(16)21/h3-10H,11-12H2,1-2H3,(H,19,22). The van der Waals surface area contributed by atoms with E-state index in [4.69, 9.17) is 4.74 Å². The Labute approximate surface area is 140 Å². The lowest BCUT2D eigenvalue weighted by atomic mass is 10.2. The molecule has 2 aromatic carbocycles. The first-order valence-corrected chi connectivity index (χ1v) is 7.65. The van der Waals surface area contributed by atoms with Crippen LogP contribution >= 0.6 is 0 Å². The summed E-state index contributed by atoms with van der Waals surface area (Å²) in [4.78, 5) is 27.7. The van der Waals surface area contributed by atoms with Gasteiger partial charge in [0, 0.05) is 25.5 Å². The van der Waals surface area contributed by atoms with E-state index in [9.17, 15) is 9.59 Å². The highest BCUT2D eigenvalue weighted by molar-refractivity contribution is 5.96. The van der Waals surface area contributed by atoms with Crippen LogP contribution in [0.25, 0.3) is 0 Å². The van der Waals surface area contributed by atoms with Crippen molar-refractivity contribution in [3.05, 3.63) is 48.5 Å². The monoisotopic (exact) mass is 325 g/mol. The summed E-state index contributed by atoms with van der Waals surface area (Å²) in [6.45, 7) is 0.144. The first-order valence-electron chi connectivity index (χ1n) is 7.65. The number of hydrogen-bond donors (Lipinski definition) is 1. The largest absolute Gasteiger partial charge is 0.423 e. The van der Waals surface area contributed by atoms with Crippen LogP contribution in [0.1, 0.15) is 0 Å². The summed E-state index contributed by atoms with van der Waals surface area (Å²) in [5, 5.41) is 2.85. The van der Waals surface area contributed by atoms with E-state index in [1.54, 1.807) is 17.0 Å². The Morgan fingerprint density at radius 1 is 1.17 bits per heavy atom. The third-order valence-corrected chi connectivity index (χ3v) is 3.75. The van der Waals surface area contributed by atoms with E-state index in [1.165, 1.54) is 0 Å². The zero-order valence-corrected chi connectivity index (χ0v) is 13.7. The molecule has 6 nitrogen and oxygen atoms in total. The third-order valence-electron chi connectivity index (χ3n) is 3.75. The van der Waals surface area contributed by atoms with Gasteiger partial charge in [-0.05, 0) is 36.4 Å². The van der Waals surface area contributed by atoms with Gasteiger partial charge < -0.3 is 19.9 Å². The SMILES string of the molecule is CN(C)c1ccc(NC(=O)CN2CC(=O)Oc3ccccc32)cc1. The molecule has 0 fully saturated rings. The maximum atomic E-state index is 12.3. The number of carbonyl (C=O) groups is 2. The summed E-state index contributed by atoms with van der Waals surface area (Å²) >= 11 is 0. The average Bonchev–Trinajstić information content (AvgIpc) is 2.55. The Morgan fingerprint density at radius 3 is 2.58 bits per heavy atom. The molecule has 124 valence electrons. The van der Waals surface area contributed by atoms with Gasteiger partial charge in [0.1, 0.15) is 6.54 Å². The van der Waals surface area contributed by atoms with Crippen LogP contribution in [0.4, 0.5) is 17.1 Å². The smallest absolute Gasteiger partial charge is 0.331 e. The van der Waals surface area contributed by atoms with Gasteiger partial charge in [-0.1, -0.05) is 12.1 Å². The van der Waals surface area contributed by atoms with Crippen molar-refractivity contribution in [2.45, 2.75) is 0 Å². The van der Waals surface area contributed by atoms with Crippen LogP contribution in [0.15, 0.2) is 48.5 Å². The van der Waals surface area contributed by atoms with E-state index in [0.29, 0.717) is 5.75 Å². The molecule has 0 aromatic heterocycles. The molecule has 0 spiro atoms. The number of amides is 1. The van der Waals surface area contributed by atoms with Crippen molar-refractivity contribution in [3.63, 3.8) is 0 Å². The molecule has 1 aliphatic rings. The van der Waals surface area contributed by atoms with Crippen LogP contribution in [0.3, 0.4) is 0 Å². The zero-order valence-electron chi connectivity index (χ0n) is 13.7. The van der Waals surface area contributed by atoms with Gasteiger partial charge in [-0.3, -0.25) is 4.79 Å². The van der Waals surface area contributed by atoms with Crippen LogP contribution < -0.4 is 19.9 Å². The molecule has 2 aromatic rings. The Balaban J connectivity index is 1.68. The van der Waals surface area contributed by atoms with Crippen molar-refractivity contribution >= 4 is 28.9 Å². The molecule has 1 amide bonds. The molecule has 1 heterocycles. The molecular weight excluding hydrogens is 306 g/mol. The molecule has 6 heteroatoms. The highest BCUT2D eigenvalue weighted by Crippen LogP contribution is 2.31. The van der Waals surface area contributed by atoms with Crippen molar-refractivity contribution < 1.29 is 14.3 Å². The maximum absolute atomic E-state index is 12.3.